The standard InChI is InChI=1S/C18H23N3O5/c1-17(2)10-20(11-18(26-17)5-3-4-6-18)13-7-12-15(8-14(13)21(23)24)25-9-16(22)19-12/h7-8H,3-6,9-11H2,1-2H3,(H,19,22). The molecule has 0 atom stereocenters. The number of hydrogen-bond donors (Lipinski definition) is 1. The minimum atomic E-state index is -0.411. The lowest BCUT2D eigenvalue weighted by atomic mass is 9.93. The van der Waals surface area contributed by atoms with Gasteiger partial charge in [-0.3, -0.25) is 14.9 Å². The highest BCUT2D eigenvalue weighted by Gasteiger charge is 2.47. The van der Waals surface area contributed by atoms with Crippen LogP contribution in [0.3, 0.4) is 0 Å². The molecule has 0 bridgehead atoms. The van der Waals surface area contributed by atoms with Crippen molar-refractivity contribution in [2.45, 2.75) is 50.7 Å². The van der Waals surface area contributed by atoms with Gasteiger partial charge in [-0.1, -0.05) is 12.8 Å². The molecule has 2 aliphatic heterocycles. The zero-order valence-electron chi connectivity index (χ0n) is 15.0. The van der Waals surface area contributed by atoms with E-state index in [0.717, 1.165) is 25.7 Å². The number of carbonyl (C=O) groups is 1. The second-order valence-corrected chi connectivity index (χ2v) is 8.04. The smallest absolute Gasteiger partial charge is 0.296 e. The van der Waals surface area contributed by atoms with Gasteiger partial charge in [-0.15, -0.1) is 0 Å². The molecule has 2 heterocycles. The molecule has 1 amide bonds. The number of amides is 1. The summed E-state index contributed by atoms with van der Waals surface area (Å²) in [6, 6.07) is 3.07. The zero-order chi connectivity index (χ0) is 18.5. The van der Waals surface area contributed by atoms with Crippen LogP contribution in [0.2, 0.25) is 0 Å². The van der Waals surface area contributed by atoms with E-state index in [4.69, 9.17) is 9.47 Å². The largest absolute Gasteiger partial charge is 0.481 e. The van der Waals surface area contributed by atoms with Crippen LogP contribution in [-0.2, 0) is 9.53 Å². The molecule has 3 aliphatic rings. The van der Waals surface area contributed by atoms with Gasteiger partial charge < -0.3 is 19.7 Å². The highest BCUT2D eigenvalue weighted by Crippen LogP contribution is 2.45. The lowest BCUT2D eigenvalue weighted by Crippen LogP contribution is -2.58. The summed E-state index contributed by atoms with van der Waals surface area (Å²) < 4.78 is 11.7. The van der Waals surface area contributed by atoms with Gasteiger partial charge in [-0.05, 0) is 32.8 Å². The first-order chi connectivity index (χ1) is 12.3. The van der Waals surface area contributed by atoms with Gasteiger partial charge in [0.05, 0.1) is 27.9 Å². The molecule has 26 heavy (non-hydrogen) atoms. The average Bonchev–Trinajstić information content (AvgIpc) is 2.98. The number of hydrogen-bond acceptors (Lipinski definition) is 6. The number of benzene rings is 1. The Kier molecular flexibility index (Phi) is 3.83. The third kappa shape index (κ3) is 2.98. The molecule has 1 aromatic carbocycles. The Morgan fingerprint density at radius 1 is 1.23 bits per heavy atom. The quantitative estimate of drug-likeness (QED) is 0.643. The number of nitrogens with zero attached hydrogens (tertiary/aromatic N) is 2. The highest BCUT2D eigenvalue weighted by atomic mass is 16.6. The summed E-state index contributed by atoms with van der Waals surface area (Å²) in [6.45, 7) is 5.08. The number of fused-ring (bicyclic) bond motifs is 1. The van der Waals surface area contributed by atoms with Crippen LogP contribution >= 0.6 is 0 Å². The Morgan fingerprint density at radius 3 is 2.65 bits per heavy atom. The molecule has 8 nitrogen and oxygen atoms in total. The van der Waals surface area contributed by atoms with Crippen LogP contribution in [0.25, 0.3) is 0 Å². The fraction of sp³-hybridized carbons (Fsp3) is 0.611. The van der Waals surface area contributed by atoms with Gasteiger partial charge >= 0.3 is 0 Å². The van der Waals surface area contributed by atoms with E-state index in [1.54, 1.807) is 6.07 Å². The van der Waals surface area contributed by atoms with E-state index in [2.05, 4.69) is 5.32 Å². The summed E-state index contributed by atoms with van der Waals surface area (Å²) in [5.41, 5.74) is 0.303. The van der Waals surface area contributed by atoms with Crippen LogP contribution < -0.4 is 15.0 Å². The van der Waals surface area contributed by atoms with Gasteiger partial charge in [-0.2, -0.15) is 0 Å². The van der Waals surface area contributed by atoms with Gasteiger partial charge in [0, 0.05) is 13.1 Å². The number of rotatable bonds is 2. The molecule has 4 rings (SSSR count). The van der Waals surface area contributed by atoms with Crippen molar-refractivity contribution in [2.24, 2.45) is 0 Å². The van der Waals surface area contributed by atoms with Crippen molar-refractivity contribution < 1.29 is 19.2 Å². The topological polar surface area (TPSA) is 93.9 Å². The second-order valence-electron chi connectivity index (χ2n) is 8.04. The van der Waals surface area contributed by atoms with Crippen LogP contribution in [0.15, 0.2) is 12.1 Å². The molecule has 2 fully saturated rings. The number of ether oxygens (including phenoxy) is 2. The SMILES string of the molecule is CC1(C)CN(c2cc3c(cc2[N+](=O)[O-])OCC(=O)N3)CC2(CCCC2)O1. The molecule has 0 unspecified atom stereocenters. The number of nitro groups is 1. The monoisotopic (exact) mass is 361 g/mol. The Morgan fingerprint density at radius 2 is 1.96 bits per heavy atom. The van der Waals surface area contributed by atoms with Crippen LogP contribution in [0.5, 0.6) is 5.75 Å². The van der Waals surface area contributed by atoms with Crippen LogP contribution in [0.1, 0.15) is 39.5 Å². The molecule has 1 aliphatic carbocycles. The van der Waals surface area contributed by atoms with E-state index in [-0.39, 0.29) is 28.7 Å². The predicted molar refractivity (Wildman–Crippen MR) is 95.8 cm³/mol. The maximum atomic E-state index is 11.7. The van der Waals surface area contributed by atoms with Crippen molar-refractivity contribution in [1.82, 2.24) is 0 Å². The number of anilines is 2. The number of nitro benzene ring substituents is 1. The second kappa shape index (κ2) is 5.84. The van der Waals surface area contributed by atoms with E-state index >= 15 is 0 Å². The van der Waals surface area contributed by atoms with Crippen molar-refractivity contribution in [2.75, 3.05) is 29.9 Å². The van der Waals surface area contributed by atoms with Gasteiger partial charge in [-0.25, -0.2) is 0 Å². The van der Waals surface area contributed by atoms with Gasteiger partial charge in [0.25, 0.3) is 11.6 Å². The molecule has 1 spiro atoms. The first-order valence-corrected chi connectivity index (χ1v) is 8.97. The summed E-state index contributed by atoms with van der Waals surface area (Å²) >= 11 is 0. The van der Waals surface area contributed by atoms with Crippen LogP contribution in [0.4, 0.5) is 17.1 Å². The van der Waals surface area contributed by atoms with Crippen molar-refractivity contribution >= 4 is 23.0 Å². The molecule has 1 saturated carbocycles. The van der Waals surface area contributed by atoms with E-state index in [1.165, 1.54) is 6.07 Å². The molecular formula is C18H23N3O5. The van der Waals surface area contributed by atoms with Crippen molar-refractivity contribution in [3.63, 3.8) is 0 Å². The predicted octanol–water partition coefficient (Wildman–Crippen LogP) is 2.85. The highest BCUT2D eigenvalue weighted by molar-refractivity contribution is 5.97. The fourth-order valence-electron chi connectivity index (χ4n) is 4.47. The Hall–Kier alpha value is -2.35. The molecular weight excluding hydrogens is 338 g/mol. The van der Waals surface area contributed by atoms with Crippen molar-refractivity contribution in [3.05, 3.63) is 22.2 Å². The molecule has 1 saturated heterocycles. The van der Waals surface area contributed by atoms with Crippen LogP contribution in [-0.4, -0.2) is 41.7 Å². The molecule has 1 N–H and O–H groups in total. The summed E-state index contributed by atoms with van der Waals surface area (Å²) in [4.78, 5) is 25.0. The Bertz CT molecular complexity index is 770. The number of carbonyl (C=O) groups excluding carboxylic acids is 1. The maximum Gasteiger partial charge on any atom is 0.296 e. The third-order valence-corrected chi connectivity index (χ3v) is 5.31. The number of nitrogens with one attached hydrogen (secondary N) is 1. The van der Waals surface area contributed by atoms with E-state index in [9.17, 15) is 14.9 Å². The molecule has 1 aromatic rings. The van der Waals surface area contributed by atoms with Crippen molar-refractivity contribution in [1.29, 1.82) is 0 Å². The average molecular weight is 361 g/mol. The minimum absolute atomic E-state index is 0.00857. The maximum absolute atomic E-state index is 11.7. The lowest BCUT2D eigenvalue weighted by molar-refractivity contribution is -0.384. The number of morpholine rings is 1. The van der Waals surface area contributed by atoms with Crippen molar-refractivity contribution in [3.8, 4) is 5.75 Å². The minimum Gasteiger partial charge on any atom is -0.481 e. The van der Waals surface area contributed by atoms with Gasteiger partial charge in [0.15, 0.2) is 12.4 Å². The first kappa shape index (κ1) is 17.1. The third-order valence-electron chi connectivity index (χ3n) is 5.31. The summed E-state index contributed by atoms with van der Waals surface area (Å²) in [6.07, 6.45) is 4.15. The van der Waals surface area contributed by atoms with Gasteiger partial charge in [0.1, 0.15) is 5.69 Å². The molecule has 0 aromatic heterocycles. The summed E-state index contributed by atoms with van der Waals surface area (Å²) in [5.74, 6) is 0.0787. The normalized spacial score (nSPS) is 23.3. The molecule has 140 valence electrons. The van der Waals surface area contributed by atoms with E-state index in [0.29, 0.717) is 30.2 Å². The zero-order valence-corrected chi connectivity index (χ0v) is 15.0. The summed E-state index contributed by atoms with van der Waals surface area (Å²) in [5, 5.41) is 14.4. The fourth-order valence-corrected chi connectivity index (χ4v) is 4.47. The Balaban J connectivity index is 1.76. The van der Waals surface area contributed by atoms with Gasteiger partial charge in [0.2, 0.25) is 0 Å². The molecule has 8 heteroatoms. The first-order valence-electron chi connectivity index (χ1n) is 8.97. The van der Waals surface area contributed by atoms with E-state index < -0.39 is 5.60 Å². The molecule has 0 radical (unpaired) electrons. The van der Waals surface area contributed by atoms with E-state index in [1.807, 2.05) is 18.7 Å². The Labute approximate surface area is 151 Å². The van der Waals surface area contributed by atoms with Crippen LogP contribution in [0, 0.1) is 10.1 Å². The summed E-state index contributed by atoms with van der Waals surface area (Å²) in [7, 11) is 0. The lowest BCUT2D eigenvalue weighted by Gasteiger charge is -2.49.